The van der Waals surface area contributed by atoms with E-state index in [1.54, 1.807) is 0 Å². The van der Waals surface area contributed by atoms with Gasteiger partial charge in [0.1, 0.15) is 0 Å². The van der Waals surface area contributed by atoms with E-state index >= 15 is 0 Å². The number of hydrogen-bond acceptors (Lipinski definition) is 1. The van der Waals surface area contributed by atoms with Crippen molar-refractivity contribution < 1.29 is 31.0 Å². The van der Waals surface area contributed by atoms with E-state index in [0.717, 1.165) is 0 Å². The van der Waals surface area contributed by atoms with Crippen LogP contribution in [-0.4, -0.2) is 0 Å². The molecule has 1 heterocycles. The molecular weight excluding hydrogens is 139 g/mol. The molecule has 2 heteroatoms. The molecule has 0 saturated heterocycles. The average molecular weight is 150 g/mol. The minimum absolute atomic E-state index is 0. The van der Waals surface area contributed by atoms with Crippen LogP contribution in [0.25, 0.3) is 0 Å². The first-order chi connectivity index (χ1) is 3.80. The Labute approximate surface area is 84.1 Å². The molecule has 0 aliphatic rings. The zero-order valence-corrected chi connectivity index (χ0v) is 9.03. The second kappa shape index (κ2) is 4.51. The van der Waals surface area contributed by atoms with Crippen LogP contribution >= 0.6 is 11.3 Å². The summed E-state index contributed by atoms with van der Waals surface area (Å²) in [6.07, 6.45) is 0. The Bertz CT molecular complexity index is 149. The molecule has 0 fully saturated rings. The molecule has 0 nitrogen and oxygen atoms in total. The van der Waals surface area contributed by atoms with Gasteiger partial charge in [-0.15, -0.1) is 11.3 Å². The van der Waals surface area contributed by atoms with Crippen LogP contribution < -0.4 is 29.6 Å². The molecule has 0 unspecified atom stereocenters. The third-order valence-corrected chi connectivity index (χ3v) is 2.29. The van der Waals surface area contributed by atoms with Crippen LogP contribution in [-0.2, 0) is 0 Å². The van der Waals surface area contributed by atoms with Crippen molar-refractivity contribution >= 4 is 11.3 Å². The van der Waals surface area contributed by atoms with Crippen LogP contribution in [0, 0.1) is 0 Å². The summed E-state index contributed by atoms with van der Waals surface area (Å²) in [5.41, 5.74) is 0. The molecule has 1 rings (SSSR count). The van der Waals surface area contributed by atoms with E-state index in [0.29, 0.717) is 5.92 Å². The smallest absolute Gasteiger partial charge is 1.00 e. The summed E-state index contributed by atoms with van der Waals surface area (Å²) in [6, 6.07) is 4.27. The largest absolute Gasteiger partial charge is 1.00 e. The summed E-state index contributed by atoms with van der Waals surface area (Å²) < 4.78 is 0. The first kappa shape index (κ1) is 9.70. The fourth-order valence-electron chi connectivity index (χ4n) is 0.620. The Morgan fingerprint density at radius 3 is 2.44 bits per heavy atom. The van der Waals surface area contributed by atoms with Gasteiger partial charge in [-0.1, -0.05) is 19.9 Å². The fourth-order valence-corrected chi connectivity index (χ4v) is 1.36. The monoisotopic (exact) mass is 150 g/mol. The Hall–Kier alpha value is 0.700. The quantitative estimate of drug-likeness (QED) is 0.494. The minimum atomic E-state index is 0. The standard InChI is InChI=1S/C7H10S.Na.H/c1-6(2)7-4-3-5-8-7;;/h3-6H,1-2H3;;/q;+1;-1. The zero-order chi connectivity index (χ0) is 5.98. The van der Waals surface area contributed by atoms with Crippen molar-refractivity contribution in [3.63, 3.8) is 0 Å². The van der Waals surface area contributed by atoms with Crippen molar-refractivity contribution in [3.8, 4) is 0 Å². The van der Waals surface area contributed by atoms with Gasteiger partial charge in [0, 0.05) is 4.88 Å². The van der Waals surface area contributed by atoms with E-state index in [9.17, 15) is 0 Å². The van der Waals surface area contributed by atoms with Gasteiger partial charge in [-0.05, 0) is 17.4 Å². The van der Waals surface area contributed by atoms with E-state index in [4.69, 9.17) is 0 Å². The van der Waals surface area contributed by atoms with Gasteiger partial charge in [-0.2, -0.15) is 0 Å². The van der Waals surface area contributed by atoms with Crippen molar-refractivity contribution in [3.05, 3.63) is 22.4 Å². The molecule has 1 aromatic heterocycles. The second-order valence-corrected chi connectivity index (χ2v) is 3.15. The summed E-state index contributed by atoms with van der Waals surface area (Å²) in [5, 5.41) is 2.12. The molecule has 46 valence electrons. The van der Waals surface area contributed by atoms with E-state index < -0.39 is 0 Å². The molecule has 0 aliphatic carbocycles. The zero-order valence-electron chi connectivity index (χ0n) is 7.22. The van der Waals surface area contributed by atoms with Crippen LogP contribution in [0.4, 0.5) is 0 Å². The molecule has 0 bridgehead atoms. The van der Waals surface area contributed by atoms with Gasteiger partial charge in [0.25, 0.3) is 0 Å². The van der Waals surface area contributed by atoms with Crippen LogP contribution in [0.1, 0.15) is 26.1 Å². The molecule has 0 aliphatic heterocycles. The summed E-state index contributed by atoms with van der Waals surface area (Å²) in [5.74, 6) is 0.704. The average Bonchev–Trinajstić information content (AvgIpc) is 2.12. The van der Waals surface area contributed by atoms with Gasteiger partial charge in [0.15, 0.2) is 0 Å². The predicted octanol–water partition coefficient (Wildman–Crippen LogP) is -0.0120. The summed E-state index contributed by atoms with van der Waals surface area (Å²) in [6.45, 7) is 4.43. The van der Waals surface area contributed by atoms with Gasteiger partial charge in [0.05, 0.1) is 0 Å². The van der Waals surface area contributed by atoms with Crippen molar-refractivity contribution in [1.29, 1.82) is 0 Å². The first-order valence-electron chi connectivity index (χ1n) is 2.84. The van der Waals surface area contributed by atoms with Crippen molar-refractivity contribution in [2.75, 3.05) is 0 Å². The van der Waals surface area contributed by atoms with Gasteiger partial charge < -0.3 is 1.43 Å². The van der Waals surface area contributed by atoms with E-state index in [1.807, 2.05) is 11.3 Å². The molecule has 9 heavy (non-hydrogen) atoms. The van der Waals surface area contributed by atoms with E-state index in [2.05, 4.69) is 31.4 Å². The molecule has 0 saturated carbocycles. The van der Waals surface area contributed by atoms with Crippen molar-refractivity contribution in [1.82, 2.24) is 0 Å². The topological polar surface area (TPSA) is 0 Å². The van der Waals surface area contributed by atoms with Crippen molar-refractivity contribution in [2.45, 2.75) is 19.8 Å². The molecule has 0 amide bonds. The molecule has 0 radical (unpaired) electrons. The first-order valence-corrected chi connectivity index (χ1v) is 3.72. The van der Waals surface area contributed by atoms with Crippen LogP contribution in [0.15, 0.2) is 17.5 Å². The maximum atomic E-state index is 2.21. The second-order valence-electron chi connectivity index (χ2n) is 2.17. The molecule has 0 N–H and O–H groups in total. The normalized spacial score (nSPS) is 9.22. The van der Waals surface area contributed by atoms with E-state index in [-0.39, 0.29) is 31.0 Å². The van der Waals surface area contributed by atoms with Crippen molar-refractivity contribution in [2.24, 2.45) is 0 Å². The third kappa shape index (κ3) is 2.85. The van der Waals surface area contributed by atoms with Crippen LogP contribution in [0.2, 0.25) is 0 Å². The van der Waals surface area contributed by atoms with Gasteiger partial charge in [-0.25, -0.2) is 0 Å². The number of hydrogen-bond donors (Lipinski definition) is 0. The van der Waals surface area contributed by atoms with Gasteiger partial charge in [-0.3, -0.25) is 0 Å². The maximum absolute atomic E-state index is 2.21. The summed E-state index contributed by atoms with van der Waals surface area (Å²) in [4.78, 5) is 1.48. The summed E-state index contributed by atoms with van der Waals surface area (Å²) in [7, 11) is 0. The minimum Gasteiger partial charge on any atom is -1.00 e. The predicted molar refractivity (Wildman–Crippen MR) is 39.5 cm³/mol. The molecule has 0 aromatic carbocycles. The Balaban J connectivity index is 0. The SMILES string of the molecule is CC(C)c1cccs1.[H-].[Na+]. The summed E-state index contributed by atoms with van der Waals surface area (Å²) >= 11 is 1.83. The third-order valence-electron chi connectivity index (χ3n) is 1.11. The maximum Gasteiger partial charge on any atom is 1.00 e. The van der Waals surface area contributed by atoms with E-state index in [1.165, 1.54) is 4.88 Å². The molecule has 0 spiro atoms. The Kier molecular flexibility index (Phi) is 4.86. The Morgan fingerprint density at radius 2 is 2.22 bits per heavy atom. The number of thiophene rings is 1. The van der Waals surface area contributed by atoms with Crippen LogP contribution in [0.5, 0.6) is 0 Å². The van der Waals surface area contributed by atoms with Crippen LogP contribution in [0.3, 0.4) is 0 Å². The Morgan fingerprint density at radius 1 is 1.56 bits per heavy atom. The molecule has 0 atom stereocenters. The number of rotatable bonds is 1. The van der Waals surface area contributed by atoms with Gasteiger partial charge in [0.2, 0.25) is 0 Å². The fraction of sp³-hybridized carbons (Fsp3) is 0.429. The molecular formula is C7H11NaS. The van der Waals surface area contributed by atoms with Gasteiger partial charge >= 0.3 is 29.6 Å². The molecule has 1 aromatic rings.